The van der Waals surface area contributed by atoms with Crippen LogP contribution in [0, 0.1) is 18.3 Å². The summed E-state index contributed by atoms with van der Waals surface area (Å²) < 4.78 is 23.1. The maximum Gasteiger partial charge on any atom is 0.379 e. The van der Waals surface area contributed by atoms with Gasteiger partial charge in [-0.05, 0) is 43.2 Å². The highest BCUT2D eigenvalue weighted by atomic mass is 16.5. The van der Waals surface area contributed by atoms with Crippen molar-refractivity contribution in [2.24, 2.45) is 5.73 Å². The third-order valence-corrected chi connectivity index (χ3v) is 6.64. The van der Waals surface area contributed by atoms with Gasteiger partial charge in [-0.15, -0.1) is 0 Å². The monoisotopic (exact) mass is 508 g/mol. The number of unbranched alkanes of at least 4 members (excludes halogenated alkanes) is 2. The van der Waals surface area contributed by atoms with Gasteiger partial charge < -0.3 is 24.4 Å². The summed E-state index contributed by atoms with van der Waals surface area (Å²) in [7, 11) is 0. The number of nitrogens with zero attached hydrogens (tertiary/aromatic N) is 1. The fourth-order valence-corrected chi connectivity index (χ4v) is 4.69. The molecule has 2 N–H and O–H groups in total. The summed E-state index contributed by atoms with van der Waals surface area (Å²) in [4.78, 5) is 12.9. The number of allylic oxidation sites excluding steroid dienone is 1. The van der Waals surface area contributed by atoms with Crippen LogP contribution in [0.4, 0.5) is 0 Å². The van der Waals surface area contributed by atoms with Crippen molar-refractivity contribution in [3.63, 3.8) is 0 Å². The molecule has 5 rings (SSSR count). The van der Waals surface area contributed by atoms with Crippen LogP contribution >= 0.6 is 0 Å². The van der Waals surface area contributed by atoms with Gasteiger partial charge in [0.15, 0.2) is 0 Å². The number of furan rings is 1. The van der Waals surface area contributed by atoms with Crippen LogP contribution in [0.5, 0.6) is 17.2 Å². The molecule has 192 valence electrons. The van der Waals surface area contributed by atoms with E-state index in [-0.39, 0.29) is 17.4 Å². The third kappa shape index (κ3) is 4.81. The summed E-state index contributed by atoms with van der Waals surface area (Å²) in [5, 5.41) is 10.8. The van der Waals surface area contributed by atoms with E-state index in [0.29, 0.717) is 29.1 Å². The molecule has 0 saturated heterocycles. The Bertz CT molecular complexity index is 1580. The number of esters is 1. The molecule has 0 bridgehead atoms. The number of para-hydroxylation sites is 1. The Morgan fingerprint density at radius 1 is 1.05 bits per heavy atom. The molecule has 1 aliphatic heterocycles. The lowest BCUT2D eigenvalue weighted by Crippen LogP contribution is -2.21. The highest BCUT2D eigenvalue weighted by Crippen LogP contribution is 2.44. The van der Waals surface area contributed by atoms with Crippen LogP contribution < -0.4 is 19.9 Å². The molecule has 7 heteroatoms. The molecule has 0 aliphatic carbocycles. The van der Waals surface area contributed by atoms with Crippen LogP contribution in [0.1, 0.15) is 59.3 Å². The van der Waals surface area contributed by atoms with Crippen LogP contribution in [0.25, 0.3) is 11.0 Å². The van der Waals surface area contributed by atoms with E-state index in [4.69, 9.17) is 24.4 Å². The van der Waals surface area contributed by atoms with E-state index < -0.39 is 11.9 Å². The number of hydrogen-bond donors (Lipinski definition) is 1. The maximum absolute atomic E-state index is 12.9. The summed E-state index contributed by atoms with van der Waals surface area (Å²) in [5.41, 5.74) is 9.39. The predicted molar refractivity (Wildman–Crippen MR) is 143 cm³/mol. The summed E-state index contributed by atoms with van der Waals surface area (Å²) in [6.45, 7) is 4.60. The van der Waals surface area contributed by atoms with E-state index >= 15 is 0 Å². The van der Waals surface area contributed by atoms with Crippen LogP contribution in [-0.2, 0) is 0 Å². The Balaban J connectivity index is 1.43. The Kier molecular flexibility index (Phi) is 7.05. The largest absolute Gasteiger partial charge is 0.494 e. The molecule has 0 saturated carbocycles. The van der Waals surface area contributed by atoms with Crippen LogP contribution in [0.3, 0.4) is 0 Å². The zero-order valence-corrected chi connectivity index (χ0v) is 21.3. The number of rotatable bonds is 8. The van der Waals surface area contributed by atoms with E-state index in [9.17, 15) is 10.1 Å². The van der Waals surface area contributed by atoms with Crippen molar-refractivity contribution >= 4 is 16.9 Å². The fourth-order valence-electron chi connectivity index (χ4n) is 4.69. The SMILES string of the molecule is CCCCCOc1cccc(C2C(C#N)=C(N)Oc3cc(OC(=O)c4oc5ccccc5c4C)ccc32)c1. The number of ether oxygens (including phenoxy) is 3. The first-order valence-electron chi connectivity index (χ1n) is 12.6. The first kappa shape index (κ1) is 25.0. The molecule has 3 aromatic carbocycles. The smallest absolute Gasteiger partial charge is 0.379 e. The summed E-state index contributed by atoms with van der Waals surface area (Å²) in [5.74, 6) is 0.501. The molecule has 0 fully saturated rings. The Labute approximate surface area is 221 Å². The van der Waals surface area contributed by atoms with Gasteiger partial charge in [0, 0.05) is 22.6 Å². The second kappa shape index (κ2) is 10.7. The van der Waals surface area contributed by atoms with Crippen molar-refractivity contribution in [2.45, 2.75) is 39.0 Å². The molecule has 1 aromatic heterocycles. The van der Waals surface area contributed by atoms with Crippen molar-refractivity contribution < 1.29 is 23.4 Å². The Hall–Kier alpha value is -4.70. The minimum absolute atomic E-state index is 0.0101. The quantitative estimate of drug-likeness (QED) is 0.159. The summed E-state index contributed by atoms with van der Waals surface area (Å²) >= 11 is 0. The van der Waals surface area contributed by atoms with Gasteiger partial charge in [-0.1, -0.05) is 56.2 Å². The summed E-state index contributed by atoms with van der Waals surface area (Å²) in [6.07, 6.45) is 3.20. The molecule has 1 atom stereocenters. The lowest BCUT2D eigenvalue weighted by Gasteiger charge is -2.27. The van der Waals surface area contributed by atoms with E-state index in [0.717, 1.165) is 41.5 Å². The van der Waals surface area contributed by atoms with Gasteiger partial charge in [0.05, 0.1) is 12.5 Å². The molecule has 38 heavy (non-hydrogen) atoms. The summed E-state index contributed by atoms with van der Waals surface area (Å²) in [6, 6.07) is 22.3. The predicted octanol–water partition coefficient (Wildman–Crippen LogP) is 6.75. The number of benzene rings is 3. The van der Waals surface area contributed by atoms with Crippen molar-refractivity contribution in [3.8, 4) is 23.3 Å². The third-order valence-electron chi connectivity index (χ3n) is 6.64. The van der Waals surface area contributed by atoms with Crippen molar-refractivity contribution in [1.29, 1.82) is 5.26 Å². The first-order valence-corrected chi connectivity index (χ1v) is 12.6. The van der Waals surface area contributed by atoms with Crippen LogP contribution in [0.15, 0.2) is 82.6 Å². The minimum Gasteiger partial charge on any atom is -0.494 e. The zero-order valence-electron chi connectivity index (χ0n) is 21.3. The number of hydrogen-bond acceptors (Lipinski definition) is 7. The lowest BCUT2D eigenvalue weighted by molar-refractivity contribution is 0.0702. The highest BCUT2D eigenvalue weighted by molar-refractivity contribution is 5.96. The number of nitrogens with two attached hydrogens (primary N) is 1. The zero-order chi connectivity index (χ0) is 26.6. The second-order valence-electron chi connectivity index (χ2n) is 9.19. The molecular formula is C31H28N2O5. The molecule has 1 unspecified atom stereocenters. The second-order valence-corrected chi connectivity index (χ2v) is 9.19. The van der Waals surface area contributed by atoms with E-state index in [1.165, 1.54) is 0 Å². The van der Waals surface area contributed by atoms with Gasteiger partial charge in [0.25, 0.3) is 0 Å². The first-order chi connectivity index (χ1) is 18.5. The number of fused-ring (bicyclic) bond motifs is 2. The molecule has 7 nitrogen and oxygen atoms in total. The molecule has 4 aromatic rings. The van der Waals surface area contributed by atoms with Crippen LogP contribution in [0.2, 0.25) is 0 Å². The molecule has 0 spiro atoms. The van der Waals surface area contributed by atoms with E-state index in [1.54, 1.807) is 24.3 Å². The highest BCUT2D eigenvalue weighted by Gasteiger charge is 2.31. The topological polar surface area (TPSA) is 108 Å². The van der Waals surface area contributed by atoms with E-state index in [2.05, 4.69) is 13.0 Å². The van der Waals surface area contributed by atoms with Gasteiger partial charge in [0.1, 0.15) is 34.5 Å². The van der Waals surface area contributed by atoms with Crippen molar-refractivity contribution in [1.82, 2.24) is 0 Å². The molecule has 1 aliphatic rings. The molecule has 2 heterocycles. The van der Waals surface area contributed by atoms with Gasteiger partial charge in [-0.2, -0.15) is 5.26 Å². The number of carbonyl (C=O) groups excluding carboxylic acids is 1. The van der Waals surface area contributed by atoms with Gasteiger partial charge in [-0.25, -0.2) is 4.79 Å². The lowest BCUT2D eigenvalue weighted by atomic mass is 9.83. The number of aryl methyl sites for hydroxylation is 1. The Morgan fingerprint density at radius 3 is 2.68 bits per heavy atom. The molecule has 0 amide bonds. The average molecular weight is 509 g/mol. The van der Waals surface area contributed by atoms with Gasteiger partial charge in [-0.3, -0.25) is 0 Å². The van der Waals surface area contributed by atoms with Crippen molar-refractivity contribution in [3.05, 3.63) is 101 Å². The minimum atomic E-state index is -0.611. The standard InChI is InChI=1S/C31H28N2O5/c1-3-4-7-15-35-21-10-8-9-20(16-21)28-24-14-13-22(17-27(24)38-30(33)25(28)18-32)36-31(34)29-19(2)23-11-5-6-12-26(23)37-29/h5-6,8-14,16-17,28H,3-4,7,15,33H2,1-2H3. The van der Waals surface area contributed by atoms with Crippen LogP contribution in [-0.4, -0.2) is 12.6 Å². The number of nitriles is 1. The maximum atomic E-state index is 12.9. The normalized spacial score (nSPS) is 14.5. The van der Waals surface area contributed by atoms with E-state index in [1.807, 2.05) is 49.4 Å². The van der Waals surface area contributed by atoms with Gasteiger partial charge >= 0.3 is 5.97 Å². The molecular weight excluding hydrogens is 480 g/mol. The van der Waals surface area contributed by atoms with Crippen molar-refractivity contribution in [2.75, 3.05) is 6.61 Å². The number of carbonyl (C=O) groups is 1. The average Bonchev–Trinajstić information content (AvgIpc) is 3.27. The fraction of sp³-hybridized carbons (Fsp3) is 0.226. The Morgan fingerprint density at radius 2 is 1.89 bits per heavy atom. The molecule has 0 radical (unpaired) electrons. The van der Waals surface area contributed by atoms with Gasteiger partial charge in [0.2, 0.25) is 11.6 Å².